The fourth-order valence-corrected chi connectivity index (χ4v) is 8.90. The number of aliphatic hydroxyl groups is 2. The van der Waals surface area contributed by atoms with E-state index in [2.05, 4.69) is 0 Å². The number of alkyl halides is 1. The van der Waals surface area contributed by atoms with Gasteiger partial charge in [0.15, 0.2) is 11.6 Å². The molecule has 0 aromatic rings. The summed E-state index contributed by atoms with van der Waals surface area (Å²) < 4.78 is 22.0. The predicted molar refractivity (Wildman–Crippen MR) is 120 cm³/mol. The van der Waals surface area contributed by atoms with Gasteiger partial charge in [0.1, 0.15) is 17.9 Å². The van der Waals surface area contributed by atoms with Crippen molar-refractivity contribution in [3.05, 3.63) is 23.8 Å². The molecule has 11 atom stereocenters. The third kappa shape index (κ3) is 2.80. The molecular weight excluding hydrogens is 475 g/mol. The zero-order chi connectivity index (χ0) is 26.6. The van der Waals surface area contributed by atoms with Gasteiger partial charge in [-0.25, -0.2) is 4.39 Å². The van der Waals surface area contributed by atoms with Crippen LogP contribution in [0.25, 0.3) is 0 Å². The van der Waals surface area contributed by atoms with Crippen molar-refractivity contribution in [2.45, 2.75) is 76.5 Å². The Bertz CT molecular complexity index is 1130. The maximum absolute atomic E-state index is 15.7. The number of carbonyl (C=O) groups excluding carboxylic acids is 2. The van der Waals surface area contributed by atoms with Gasteiger partial charge < -0.3 is 25.2 Å². The van der Waals surface area contributed by atoms with E-state index in [1.54, 1.807) is 26.8 Å². The van der Waals surface area contributed by atoms with Crippen molar-refractivity contribution in [1.29, 1.82) is 0 Å². The Hall–Kier alpha value is -2.43. The Morgan fingerprint density at radius 3 is 2.50 bits per heavy atom. The summed E-state index contributed by atoms with van der Waals surface area (Å²) in [7, 11) is 0. The summed E-state index contributed by atoms with van der Waals surface area (Å²) in [6, 6.07) is 0. The first-order chi connectivity index (χ1) is 16.7. The fourth-order valence-electron chi connectivity index (χ4n) is 8.90. The molecule has 5 unspecified atom stereocenters. The number of carbonyl (C=O) groups is 4. The second kappa shape index (κ2) is 7.55. The zero-order valence-electron chi connectivity index (χ0n) is 20.3. The molecule has 0 amide bonds. The van der Waals surface area contributed by atoms with Crippen molar-refractivity contribution in [1.82, 2.24) is 0 Å². The largest absolute Gasteiger partial charge is 0.481 e. The number of allylic oxidation sites excluding steroid dienone is 2. The van der Waals surface area contributed by atoms with Crippen molar-refractivity contribution >= 4 is 23.5 Å². The molecule has 9 nitrogen and oxygen atoms in total. The number of carboxylic acid groups (broad SMARTS) is 2. The number of fused-ring (bicyclic) bond motifs is 3. The molecular formula is C26H31FO9. The molecule has 3 saturated carbocycles. The van der Waals surface area contributed by atoms with Crippen LogP contribution in [0.5, 0.6) is 0 Å². The molecule has 4 fully saturated rings. The van der Waals surface area contributed by atoms with E-state index in [-0.39, 0.29) is 18.6 Å². The highest BCUT2D eigenvalue weighted by molar-refractivity contribution is 6.01. The monoisotopic (exact) mass is 506 g/mol. The molecule has 5 rings (SSSR count). The summed E-state index contributed by atoms with van der Waals surface area (Å²) in [4.78, 5) is 49.2. The minimum Gasteiger partial charge on any atom is -0.481 e. The van der Waals surface area contributed by atoms with Crippen LogP contribution >= 0.6 is 0 Å². The predicted octanol–water partition coefficient (Wildman–Crippen LogP) is 1.46. The smallest absolute Gasteiger partial charge is 0.306 e. The standard InChI is InChI=1S/C26H31FO9/c1-11-21(34)20-14-7-15(27)13-6-12(28)4-5-23(13,2)26(14)17(36-26)9-24(20,3)25(11,10-19(32)33)22(35)16(29)8-18(30)31/h4-6,11,14-17,20-21,29,34H,7-10H2,1-3H3,(H,30,31)(H,32,33)/t11-,14+,15-,16?,17?,20-,21?,23+,24+,25?,26?/m1/s1. The Labute approximate surface area is 207 Å². The number of epoxide rings is 1. The van der Waals surface area contributed by atoms with Gasteiger partial charge in [-0.05, 0) is 54.7 Å². The lowest BCUT2D eigenvalue weighted by molar-refractivity contribution is -0.163. The summed E-state index contributed by atoms with van der Waals surface area (Å²) in [5, 5.41) is 41.2. The first kappa shape index (κ1) is 25.2. The molecule has 0 aromatic carbocycles. The molecule has 4 aliphatic carbocycles. The van der Waals surface area contributed by atoms with E-state index in [1.807, 2.05) is 0 Å². The maximum Gasteiger partial charge on any atom is 0.306 e. The minimum absolute atomic E-state index is 0.0713. The van der Waals surface area contributed by atoms with Crippen LogP contribution in [0.4, 0.5) is 4.39 Å². The number of carboxylic acids is 2. The van der Waals surface area contributed by atoms with Crippen LogP contribution in [0.2, 0.25) is 0 Å². The summed E-state index contributed by atoms with van der Waals surface area (Å²) in [5.74, 6) is -6.28. The highest BCUT2D eigenvalue weighted by Gasteiger charge is 2.84. The number of ether oxygens (including phenoxy) is 1. The first-order valence-electron chi connectivity index (χ1n) is 12.3. The van der Waals surface area contributed by atoms with E-state index < -0.39 is 94.6 Å². The molecule has 4 N–H and O–H groups in total. The van der Waals surface area contributed by atoms with Crippen LogP contribution in [0.15, 0.2) is 23.8 Å². The van der Waals surface area contributed by atoms with Crippen LogP contribution in [0.1, 0.15) is 46.5 Å². The first-order valence-corrected chi connectivity index (χ1v) is 12.3. The van der Waals surface area contributed by atoms with Crippen molar-refractivity contribution in [3.8, 4) is 0 Å². The lowest BCUT2D eigenvalue weighted by Gasteiger charge is -2.57. The average Bonchev–Trinajstić information content (AvgIpc) is 3.48. The minimum atomic E-state index is -1.96. The number of rotatable bonds is 6. The molecule has 0 radical (unpaired) electrons. The number of ketones is 2. The summed E-state index contributed by atoms with van der Waals surface area (Å²) in [6.07, 6.45) is -2.36. The van der Waals surface area contributed by atoms with Gasteiger partial charge in [0.25, 0.3) is 0 Å². The van der Waals surface area contributed by atoms with E-state index in [4.69, 9.17) is 9.84 Å². The Morgan fingerprint density at radius 1 is 1.22 bits per heavy atom. The zero-order valence-corrected chi connectivity index (χ0v) is 20.3. The van der Waals surface area contributed by atoms with Gasteiger partial charge in [0.2, 0.25) is 0 Å². The third-order valence-electron chi connectivity index (χ3n) is 10.4. The highest BCUT2D eigenvalue weighted by atomic mass is 19.1. The summed E-state index contributed by atoms with van der Waals surface area (Å²) >= 11 is 0. The van der Waals surface area contributed by atoms with Crippen molar-refractivity contribution in [2.24, 2.45) is 34.0 Å². The third-order valence-corrected chi connectivity index (χ3v) is 10.4. The van der Waals surface area contributed by atoms with Crippen LogP contribution in [0.3, 0.4) is 0 Å². The van der Waals surface area contributed by atoms with Crippen LogP contribution in [-0.4, -0.2) is 74.0 Å². The Balaban J connectivity index is 1.65. The average molecular weight is 507 g/mol. The van der Waals surface area contributed by atoms with E-state index in [1.165, 1.54) is 12.2 Å². The summed E-state index contributed by atoms with van der Waals surface area (Å²) in [6.45, 7) is 5.04. The quantitative estimate of drug-likeness (QED) is 0.391. The molecule has 1 heterocycles. The Kier molecular flexibility index (Phi) is 5.29. The molecule has 1 spiro atoms. The van der Waals surface area contributed by atoms with Gasteiger partial charge in [0.05, 0.1) is 30.5 Å². The lowest BCUT2D eigenvalue weighted by atomic mass is 9.44. The SMILES string of the molecule is C[C@@H]1C(O)[C@H]2[C@@H]3C[C@@H](F)C4=CC(=O)C=C[C@]4(C)C34OC4C[C@]2(C)C1(CC(=O)O)C(=O)C(O)CC(=O)O. The van der Waals surface area contributed by atoms with E-state index in [9.17, 15) is 34.5 Å². The van der Waals surface area contributed by atoms with Crippen molar-refractivity contribution in [2.75, 3.05) is 0 Å². The number of hydrogen-bond donors (Lipinski definition) is 4. The topological polar surface area (TPSA) is 162 Å². The normalized spacial score (nSPS) is 49.2. The van der Waals surface area contributed by atoms with Gasteiger partial charge in [-0.1, -0.05) is 19.9 Å². The number of aliphatic hydroxyl groups excluding tert-OH is 2. The number of halogens is 1. The highest BCUT2D eigenvalue weighted by Crippen LogP contribution is 2.78. The second-order valence-corrected chi connectivity index (χ2v) is 11.7. The molecule has 10 heteroatoms. The van der Waals surface area contributed by atoms with Gasteiger partial charge >= 0.3 is 11.9 Å². The fraction of sp³-hybridized carbons (Fsp3) is 0.692. The van der Waals surface area contributed by atoms with E-state index >= 15 is 4.39 Å². The second-order valence-electron chi connectivity index (χ2n) is 11.7. The van der Waals surface area contributed by atoms with Crippen LogP contribution in [0, 0.1) is 34.0 Å². The van der Waals surface area contributed by atoms with Crippen LogP contribution < -0.4 is 0 Å². The molecule has 1 saturated heterocycles. The van der Waals surface area contributed by atoms with Gasteiger partial charge in [-0.3, -0.25) is 19.2 Å². The Morgan fingerprint density at radius 2 is 1.89 bits per heavy atom. The van der Waals surface area contributed by atoms with Gasteiger partial charge in [0, 0.05) is 11.3 Å². The number of hydrogen-bond acceptors (Lipinski definition) is 7. The lowest BCUT2D eigenvalue weighted by Crippen LogP contribution is -2.62. The van der Waals surface area contributed by atoms with E-state index in [0.717, 1.165) is 0 Å². The van der Waals surface area contributed by atoms with Gasteiger partial charge in [-0.15, -0.1) is 0 Å². The van der Waals surface area contributed by atoms with Gasteiger partial charge in [-0.2, -0.15) is 0 Å². The molecule has 1 aliphatic heterocycles. The number of aliphatic carboxylic acids is 2. The molecule has 196 valence electrons. The van der Waals surface area contributed by atoms with Crippen molar-refractivity contribution < 1.29 is 48.7 Å². The van der Waals surface area contributed by atoms with Crippen molar-refractivity contribution in [3.63, 3.8) is 0 Å². The van der Waals surface area contributed by atoms with Crippen LogP contribution in [-0.2, 0) is 23.9 Å². The maximum atomic E-state index is 15.7. The molecule has 0 aromatic heterocycles. The molecule has 0 bridgehead atoms. The number of Topliss-reactive ketones (excluding diaryl/α,β-unsaturated/α-hetero) is 1. The summed E-state index contributed by atoms with van der Waals surface area (Å²) in [5.41, 5.74) is -4.57. The molecule has 36 heavy (non-hydrogen) atoms. The molecule has 5 aliphatic rings. The van der Waals surface area contributed by atoms with E-state index in [0.29, 0.717) is 5.57 Å².